The first-order chi connectivity index (χ1) is 15.4. The number of carbonyl (C=O) groups excluding carboxylic acids is 1. The van der Waals surface area contributed by atoms with Crippen molar-refractivity contribution >= 4 is 23.3 Å². The first-order valence-electron chi connectivity index (χ1n) is 10.1. The van der Waals surface area contributed by atoms with Crippen LogP contribution in [-0.2, 0) is 13.1 Å². The van der Waals surface area contributed by atoms with Gasteiger partial charge in [-0.15, -0.1) is 0 Å². The third-order valence-corrected chi connectivity index (χ3v) is 5.66. The van der Waals surface area contributed by atoms with Crippen molar-refractivity contribution in [3.8, 4) is 0 Å². The molecular weight excluding hydrogens is 437 g/mol. The van der Waals surface area contributed by atoms with E-state index in [4.69, 9.17) is 11.6 Å². The van der Waals surface area contributed by atoms with E-state index >= 15 is 0 Å². The fourth-order valence-electron chi connectivity index (χ4n) is 3.67. The van der Waals surface area contributed by atoms with Crippen molar-refractivity contribution in [3.05, 3.63) is 92.4 Å². The number of rotatable bonds is 6. The Morgan fingerprint density at radius 3 is 2.19 bits per heavy atom. The van der Waals surface area contributed by atoms with Crippen LogP contribution in [0.15, 0.2) is 54.7 Å². The van der Waals surface area contributed by atoms with Crippen molar-refractivity contribution in [2.45, 2.75) is 13.1 Å². The van der Waals surface area contributed by atoms with Crippen LogP contribution in [0.2, 0.25) is 5.02 Å². The Hall–Kier alpha value is -3.30. The first-order valence-corrected chi connectivity index (χ1v) is 10.5. The average molecular weight is 458 g/mol. The number of halogens is 2. The minimum absolute atomic E-state index is 0.0135. The molecule has 0 aliphatic carbocycles. The minimum atomic E-state index is -0.625. The number of amides is 1. The van der Waals surface area contributed by atoms with Gasteiger partial charge in [-0.3, -0.25) is 9.69 Å². The number of nitrogens with zero attached hydrogens (tertiary/aromatic N) is 5. The van der Waals surface area contributed by atoms with Crippen LogP contribution in [0.5, 0.6) is 0 Å². The van der Waals surface area contributed by atoms with Gasteiger partial charge in [0.05, 0.1) is 17.8 Å². The topological polar surface area (TPSA) is 84.5 Å². The maximum atomic E-state index is 13.1. The number of hydrogen-bond donors (Lipinski definition) is 0. The van der Waals surface area contributed by atoms with Crippen LogP contribution in [0.4, 0.5) is 10.2 Å². The van der Waals surface area contributed by atoms with E-state index in [1.807, 2.05) is 4.90 Å². The molecule has 0 spiro atoms. The van der Waals surface area contributed by atoms with E-state index in [-0.39, 0.29) is 22.6 Å². The molecule has 2 aromatic carbocycles. The second-order valence-corrected chi connectivity index (χ2v) is 8.05. The maximum absolute atomic E-state index is 13.1. The summed E-state index contributed by atoms with van der Waals surface area (Å²) in [5, 5.41) is 14.7. The number of piperazine rings is 1. The van der Waals surface area contributed by atoms with E-state index in [2.05, 4.69) is 10.00 Å². The Labute approximate surface area is 189 Å². The Balaban J connectivity index is 1.31. The molecule has 0 radical (unpaired) electrons. The maximum Gasteiger partial charge on any atom is 0.408 e. The van der Waals surface area contributed by atoms with Crippen molar-refractivity contribution in [2.24, 2.45) is 0 Å². The van der Waals surface area contributed by atoms with Crippen LogP contribution in [0.1, 0.15) is 21.5 Å². The summed E-state index contributed by atoms with van der Waals surface area (Å²) in [7, 11) is 0. The lowest BCUT2D eigenvalue weighted by atomic mass is 10.1. The van der Waals surface area contributed by atoms with Crippen LogP contribution >= 0.6 is 11.6 Å². The van der Waals surface area contributed by atoms with Gasteiger partial charge in [0.1, 0.15) is 5.82 Å². The molecule has 1 aliphatic heterocycles. The quantitative estimate of drug-likeness (QED) is 0.417. The Bertz CT molecular complexity index is 1110. The molecule has 4 rings (SSSR count). The van der Waals surface area contributed by atoms with Crippen molar-refractivity contribution in [1.82, 2.24) is 19.6 Å². The Morgan fingerprint density at radius 2 is 1.59 bits per heavy atom. The zero-order valence-corrected chi connectivity index (χ0v) is 17.9. The second kappa shape index (κ2) is 9.46. The minimum Gasteiger partial charge on any atom is -0.358 e. The fraction of sp³-hybridized carbons (Fsp3) is 0.273. The highest BCUT2D eigenvalue weighted by Gasteiger charge is 2.23. The van der Waals surface area contributed by atoms with E-state index in [0.29, 0.717) is 25.2 Å². The van der Waals surface area contributed by atoms with Gasteiger partial charge < -0.3 is 15.0 Å². The van der Waals surface area contributed by atoms with Gasteiger partial charge in [-0.25, -0.2) is 4.39 Å². The van der Waals surface area contributed by atoms with E-state index in [0.717, 1.165) is 30.8 Å². The third-order valence-electron chi connectivity index (χ3n) is 5.40. The van der Waals surface area contributed by atoms with Gasteiger partial charge in [-0.05, 0) is 40.3 Å². The monoisotopic (exact) mass is 457 g/mol. The first kappa shape index (κ1) is 21.9. The number of nitro groups is 1. The van der Waals surface area contributed by atoms with Crippen LogP contribution in [0.25, 0.3) is 0 Å². The molecule has 1 saturated heterocycles. The van der Waals surface area contributed by atoms with Crippen molar-refractivity contribution in [1.29, 1.82) is 0 Å². The molecule has 166 valence electrons. The fourth-order valence-corrected chi connectivity index (χ4v) is 3.89. The molecule has 1 fully saturated rings. The molecule has 1 amide bonds. The van der Waals surface area contributed by atoms with Crippen molar-refractivity contribution in [2.75, 3.05) is 26.2 Å². The lowest BCUT2D eigenvalue weighted by Gasteiger charge is -2.34. The number of carbonyl (C=O) groups is 1. The molecule has 1 aromatic heterocycles. The zero-order chi connectivity index (χ0) is 22.7. The highest BCUT2D eigenvalue weighted by Crippen LogP contribution is 2.22. The standard InChI is InChI=1S/C22H21ClFN5O3/c23-20-15-28(25-21(20)29(31)32)14-17-1-5-18(6-2-17)22(30)27-11-9-26(10-12-27)13-16-3-7-19(24)8-4-16/h1-8,15H,9-14H2. The van der Waals surface area contributed by atoms with Crippen LogP contribution in [0.3, 0.4) is 0 Å². The zero-order valence-electron chi connectivity index (χ0n) is 17.2. The van der Waals surface area contributed by atoms with E-state index in [1.54, 1.807) is 36.4 Å². The third kappa shape index (κ3) is 5.12. The molecule has 8 nitrogen and oxygen atoms in total. The highest BCUT2D eigenvalue weighted by molar-refractivity contribution is 6.32. The summed E-state index contributed by atoms with van der Waals surface area (Å²) in [5.74, 6) is -0.655. The highest BCUT2D eigenvalue weighted by atomic mass is 35.5. The summed E-state index contributed by atoms with van der Waals surface area (Å²) in [6.45, 7) is 3.78. The summed E-state index contributed by atoms with van der Waals surface area (Å²) in [5.41, 5.74) is 2.48. The summed E-state index contributed by atoms with van der Waals surface area (Å²) >= 11 is 5.83. The number of aromatic nitrogens is 2. The van der Waals surface area contributed by atoms with Crippen molar-refractivity contribution in [3.63, 3.8) is 0 Å². The van der Waals surface area contributed by atoms with Gasteiger partial charge in [0, 0.05) is 38.3 Å². The van der Waals surface area contributed by atoms with Gasteiger partial charge in [-0.1, -0.05) is 35.9 Å². The van der Waals surface area contributed by atoms with Gasteiger partial charge in [0.25, 0.3) is 5.91 Å². The molecular formula is C22H21ClFN5O3. The van der Waals surface area contributed by atoms with Crippen LogP contribution < -0.4 is 0 Å². The molecule has 0 N–H and O–H groups in total. The number of benzene rings is 2. The van der Waals surface area contributed by atoms with Crippen LogP contribution in [-0.4, -0.2) is 56.6 Å². The van der Waals surface area contributed by atoms with Crippen LogP contribution in [0, 0.1) is 15.9 Å². The molecule has 2 heterocycles. The molecule has 0 bridgehead atoms. The molecule has 0 unspecified atom stereocenters. The summed E-state index contributed by atoms with van der Waals surface area (Å²) in [6.07, 6.45) is 1.41. The molecule has 10 heteroatoms. The van der Waals surface area contributed by atoms with Crippen molar-refractivity contribution < 1.29 is 14.1 Å². The second-order valence-electron chi connectivity index (χ2n) is 7.65. The lowest BCUT2D eigenvalue weighted by Crippen LogP contribution is -2.48. The largest absolute Gasteiger partial charge is 0.408 e. The smallest absolute Gasteiger partial charge is 0.358 e. The lowest BCUT2D eigenvalue weighted by molar-refractivity contribution is -0.389. The molecule has 1 aliphatic rings. The average Bonchev–Trinajstić information content (AvgIpc) is 3.16. The Morgan fingerprint density at radius 1 is 1.00 bits per heavy atom. The predicted molar refractivity (Wildman–Crippen MR) is 117 cm³/mol. The van der Waals surface area contributed by atoms with E-state index < -0.39 is 4.92 Å². The van der Waals surface area contributed by atoms with Gasteiger partial charge >= 0.3 is 5.82 Å². The van der Waals surface area contributed by atoms with E-state index in [9.17, 15) is 19.3 Å². The molecule has 32 heavy (non-hydrogen) atoms. The summed E-state index contributed by atoms with van der Waals surface area (Å²) < 4.78 is 14.5. The Kier molecular flexibility index (Phi) is 6.48. The molecule has 0 atom stereocenters. The normalized spacial score (nSPS) is 14.5. The predicted octanol–water partition coefficient (Wildman–Crippen LogP) is 3.59. The molecule has 3 aromatic rings. The number of hydrogen-bond acceptors (Lipinski definition) is 5. The van der Waals surface area contributed by atoms with Gasteiger partial charge in [-0.2, -0.15) is 4.68 Å². The molecule has 0 saturated carbocycles. The SMILES string of the molecule is O=C(c1ccc(Cn2cc(Cl)c([N+](=O)[O-])n2)cc1)N1CCN(Cc2ccc(F)cc2)CC1. The van der Waals surface area contributed by atoms with Gasteiger partial charge in [0.15, 0.2) is 5.02 Å². The van der Waals surface area contributed by atoms with Gasteiger partial charge in [0.2, 0.25) is 0 Å². The summed E-state index contributed by atoms with van der Waals surface area (Å²) in [4.78, 5) is 27.2. The van der Waals surface area contributed by atoms with E-state index in [1.165, 1.54) is 23.0 Å². The summed E-state index contributed by atoms with van der Waals surface area (Å²) in [6, 6.07) is 13.6.